The van der Waals surface area contributed by atoms with Gasteiger partial charge in [0.15, 0.2) is 0 Å². The van der Waals surface area contributed by atoms with Crippen molar-refractivity contribution in [3.63, 3.8) is 0 Å². The predicted molar refractivity (Wildman–Crippen MR) is 124 cm³/mol. The van der Waals surface area contributed by atoms with E-state index < -0.39 is 0 Å². The van der Waals surface area contributed by atoms with Crippen molar-refractivity contribution < 1.29 is 9.53 Å². The maximum Gasteiger partial charge on any atom is 0.228 e. The van der Waals surface area contributed by atoms with Gasteiger partial charge in [0.25, 0.3) is 0 Å². The van der Waals surface area contributed by atoms with E-state index in [2.05, 4.69) is 27.0 Å². The molecule has 166 valence electrons. The summed E-state index contributed by atoms with van der Waals surface area (Å²) in [6, 6.07) is 12.0. The van der Waals surface area contributed by atoms with E-state index in [0.717, 1.165) is 32.4 Å². The summed E-state index contributed by atoms with van der Waals surface area (Å²) in [5, 5.41) is 0. The molecule has 1 aromatic carbocycles. The number of hydrogen-bond donors (Lipinski definition) is 1. The lowest BCUT2D eigenvalue weighted by Crippen LogP contribution is -2.45. The van der Waals surface area contributed by atoms with E-state index in [9.17, 15) is 4.79 Å². The van der Waals surface area contributed by atoms with Crippen LogP contribution in [0.2, 0.25) is 0 Å². The summed E-state index contributed by atoms with van der Waals surface area (Å²) >= 11 is 0. The number of benzene rings is 1. The number of piperidine rings is 1. The molecule has 0 unspecified atom stereocenters. The number of anilines is 1. The van der Waals surface area contributed by atoms with E-state index in [1.54, 1.807) is 19.4 Å². The standard InChI is InChI=1S/C21H29N5O2.2ClH/c1-28-19-7-12-23-21(24-19)26-14-9-18(10-15-26)20(27)25(16-11-22)13-8-17-5-3-2-4-6-17;;/h2-7,12,18H,8-11,13-16,22H2,1H3;2*1H. The Kier molecular flexibility index (Phi) is 11.5. The molecule has 1 amide bonds. The lowest BCUT2D eigenvalue weighted by atomic mass is 9.95. The van der Waals surface area contributed by atoms with Crippen molar-refractivity contribution in [3.05, 3.63) is 48.2 Å². The fraction of sp³-hybridized carbons (Fsp3) is 0.476. The smallest absolute Gasteiger partial charge is 0.228 e. The number of carbonyl (C=O) groups excluding carboxylic acids is 1. The highest BCUT2D eigenvalue weighted by molar-refractivity contribution is 5.85. The number of ether oxygens (including phenoxy) is 1. The summed E-state index contributed by atoms with van der Waals surface area (Å²) in [4.78, 5) is 25.8. The van der Waals surface area contributed by atoms with Gasteiger partial charge in [0.1, 0.15) is 0 Å². The Labute approximate surface area is 190 Å². The molecule has 0 saturated carbocycles. The van der Waals surface area contributed by atoms with Crippen molar-refractivity contribution in [3.8, 4) is 5.88 Å². The number of nitrogens with two attached hydrogens (primary N) is 1. The Morgan fingerprint density at radius 3 is 2.50 bits per heavy atom. The monoisotopic (exact) mass is 455 g/mol. The molecule has 7 nitrogen and oxygen atoms in total. The van der Waals surface area contributed by atoms with Crippen LogP contribution in [0.15, 0.2) is 42.6 Å². The summed E-state index contributed by atoms with van der Waals surface area (Å²) in [5.74, 6) is 1.46. The van der Waals surface area contributed by atoms with E-state index in [1.807, 2.05) is 23.1 Å². The number of nitrogens with zero attached hydrogens (tertiary/aromatic N) is 4. The van der Waals surface area contributed by atoms with Crippen LogP contribution < -0.4 is 15.4 Å². The van der Waals surface area contributed by atoms with Gasteiger partial charge in [-0.2, -0.15) is 4.98 Å². The molecule has 0 aliphatic carbocycles. The third-order valence-corrected chi connectivity index (χ3v) is 5.18. The summed E-state index contributed by atoms with van der Waals surface area (Å²) in [7, 11) is 1.60. The molecule has 0 radical (unpaired) electrons. The number of rotatable bonds is 8. The van der Waals surface area contributed by atoms with Gasteiger partial charge < -0.3 is 20.3 Å². The summed E-state index contributed by atoms with van der Waals surface area (Å²) in [6.45, 7) is 3.32. The van der Waals surface area contributed by atoms with Gasteiger partial charge in [-0.15, -0.1) is 24.8 Å². The van der Waals surface area contributed by atoms with E-state index in [0.29, 0.717) is 31.5 Å². The SMILES string of the molecule is COc1ccnc(N2CCC(C(=O)N(CCN)CCc3ccccc3)CC2)n1.Cl.Cl. The van der Waals surface area contributed by atoms with E-state index in [4.69, 9.17) is 10.5 Å². The topological polar surface area (TPSA) is 84.6 Å². The molecular weight excluding hydrogens is 425 g/mol. The molecule has 1 saturated heterocycles. The Morgan fingerprint density at radius 1 is 1.17 bits per heavy atom. The second kappa shape index (κ2) is 13.3. The van der Waals surface area contributed by atoms with Crippen LogP contribution in [-0.2, 0) is 11.2 Å². The second-order valence-corrected chi connectivity index (χ2v) is 7.01. The molecule has 2 heterocycles. The lowest BCUT2D eigenvalue weighted by molar-refractivity contribution is -0.136. The Bertz CT molecular complexity index is 758. The van der Waals surface area contributed by atoms with Gasteiger partial charge >= 0.3 is 0 Å². The number of halogens is 2. The van der Waals surface area contributed by atoms with Crippen LogP contribution in [0.1, 0.15) is 18.4 Å². The Morgan fingerprint density at radius 2 is 1.87 bits per heavy atom. The van der Waals surface area contributed by atoms with Gasteiger partial charge in [-0.05, 0) is 24.8 Å². The molecular formula is C21H31Cl2N5O2. The van der Waals surface area contributed by atoms with Crippen LogP contribution in [-0.4, -0.2) is 60.6 Å². The normalized spacial score (nSPS) is 13.7. The zero-order valence-electron chi connectivity index (χ0n) is 17.3. The highest BCUT2D eigenvalue weighted by atomic mass is 35.5. The third-order valence-electron chi connectivity index (χ3n) is 5.18. The minimum absolute atomic E-state index is 0. The van der Waals surface area contributed by atoms with Crippen molar-refractivity contribution in [1.82, 2.24) is 14.9 Å². The molecule has 1 aromatic heterocycles. The fourth-order valence-electron chi connectivity index (χ4n) is 3.58. The van der Waals surface area contributed by atoms with Gasteiger partial charge in [0.2, 0.25) is 17.7 Å². The largest absolute Gasteiger partial charge is 0.481 e. The first-order valence-electron chi connectivity index (χ1n) is 9.86. The van der Waals surface area contributed by atoms with E-state index in [-0.39, 0.29) is 36.6 Å². The first-order chi connectivity index (χ1) is 13.7. The molecule has 3 rings (SSSR count). The van der Waals surface area contributed by atoms with Gasteiger partial charge in [-0.25, -0.2) is 4.98 Å². The zero-order valence-corrected chi connectivity index (χ0v) is 18.9. The minimum atomic E-state index is 0. The highest BCUT2D eigenvalue weighted by Crippen LogP contribution is 2.23. The van der Waals surface area contributed by atoms with Crippen molar-refractivity contribution in [2.75, 3.05) is 44.7 Å². The minimum Gasteiger partial charge on any atom is -0.481 e. The molecule has 1 aliphatic heterocycles. The number of amides is 1. The van der Waals surface area contributed by atoms with Gasteiger partial charge in [0.05, 0.1) is 7.11 Å². The van der Waals surface area contributed by atoms with Crippen LogP contribution in [0, 0.1) is 5.92 Å². The van der Waals surface area contributed by atoms with Crippen LogP contribution >= 0.6 is 24.8 Å². The van der Waals surface area contributed by atoms with Crippen LogP contribution in [0.5, 0.6) is 5.88 Å². The highest BCUT2D eigenvalue weighted by Gasteiger charge is 2.29. The van der Waals surface area contributed by atoms with Crippen molar-refractivity contribution in [2.24, 2.45) is 11.7 Å². The predicted octanol–water partition coefficient (Wildman–Crippen LogP) is 2.58. The van der Waals surface area contributed by atoms with Gasteiger partial charge in [0, 0.05) is 50.9 Å². The summed E-state index contributed by atoms with van der Waals surface area (Å²) in [5.41, 5.74) is 7.00. The number of hydrogen-bond acceptors (Lipinski definition) is 6. The maximum absolute atomic E-state index is 13.1. The van der Waals surface area contributed by atoms with E-state index in [1.165, 1.54) is 5.56 Å². The average molecular weight is 456 g/mol. The molecule has 0 atom stereocenters. The van der Waals surface area contributed by atoms with Crippen molar-refractivity contribution in [2.45, 2.75) is 19.3 Å². The van der Waals surface area contributed by atoms with Crippen LogP contribution in [0.25, 0.3) is 0 Å². The molecule has 30 heavy (non-hydrogen) atoms. The average Bonchev–Trinajstić information content (AvgIpc) is 2.77. The number of carbonyl (C=O) groups is 1. The summed E-state index contributed by atoms with van der Waals surface area (Å²) in [6.07, 6.45) is 4.14. The zero-order chi connectivity index (χ0) is 19.8. The van der Waals surface area contributed by atoms with E-state index >= 15 is 0 Å². The molecule has 0 bridgehead atoms. The second-order valence-electron chi connectivity index (χ2n) is 7.01. The Balaban J connectivity index is 0.00000225. The third kappa shape index (κ3) is 7.00. The Hall–Kier alpha value is -2.09. The molecule has 1 aliphatic rings. The number of aromatic nitrogens is 2. The first-order valence-corrected chi connectivity index (χ1v) is 9.86. The molecule has 0 spiro atoms. The fourth-order valence-corrected chi connectivity index (χ4v) is 3.58. The van der Waals surface area contributed by atoms with Crippen LogP contribution in [0.3, 0.4) is 0 Å². The quantitative estimate of drug-likeness (QED) is 0.658. The summed E-state index contributed by atoms with van der Waals surface area (Å²) < 4.78 is 5.18. The molecule has 1 fully saturated rings. The molecule has 9 heteroatoms. The van der Waals surface area contributed by atoms with Crippen LogP contribution in [0.4, 0.5) is 5.95 Å². The number of methoxy groups -OCH3 is 1. The van der Waals surface area contributed by atoms with Crippen molar-refractivity contribution in [1.29, 1.82) is 0 Å². The maximum atomic E-state index is 13.1. The van der Waals surface area contributed by atoms with Gasteiger partial charge in [-0.1, -0.05) is 30.3 Å². The lowest BCUT2D eigenvalue weighted by Gasteiger charge is -2.34. The first kappa shape index (κ1) is 25.9. The van der Waals surface area contributed by atoms with Crippen molar-refractivity contribution >= 4 is 36.7 Å². The van der Waals surface area contributed by atoms with Gasteiger partial charge in [-0.3, -0.25) is 4.79 Å². The molecule has 2 N–H and O–H groups in total. The molecule has 2 aromatic rings.